The summed E-state index contributed by atoms with van der Waals surface area (Å²) in [5, 5.41) is 13.6. The minimum absolute atomic E-state index is 0.206. The van der Waals surface area contributed by atoms with Crippen molar-refractivity contribution in [2.45, 2.75) is 44.6 Å². The Labute approximate surface area is 178 Å². The Kier molecular flexibility index (Phi) is 6.19. The molecule has 152 valence electrons. The summed E-state index contributed by atoms with van der Waals surface area (Å²) < 4.78 is 0. The van der Waals surface area contributed by atoms with Crippen LogP contribution in [0.2, 0.25) is 10.0 Å². The highest BCUT2D eigenvalue weighted by Crippen LogP contribution is 2.37. The van der Waals surface area contributed by atoms with E-state index in [4.69, 9.17) is 23.2 Å². The predicted octanol–water partition coefficient (Wildman–Crippen LogP) is 2.90. The molecule has 3 rings (SSSR count). The molecule has 1 aliphatic rings. The molecule has 2 N–H and O–H groups in total. The number of carbonyl (C=O) groups is 3. The first-order valence-electron chi connectivity index (χ1n) is 9.08. The van der Waals surface area contributed by atoms with Gasteiger partial charge in [-0.1, -0.05) is 23.2 Å². The molecule has 1 aromatic carbocycles. The number of aromatic nitrogens is 2. The highest BCUT2D eigenvalue weighted by molar-refractivity contribution is 6.36. The topological polar surface area (TPSA) is 101 Å². The highest BCUT2D eigenvalue weighted by atomic mass is 35.5. The van der Waals surface area contributed by atoms with Gasteiger partial charge in [0.15, 0.2) is 0 Å². The molecule has 1 atom stereocenters. The molecule has 0 bridgehead atoms. The predicted molar refractivity (Wildman–Crippen MR) is 108 cm³/mol. The van der Waals surface area contributed by atoms with Crippen LogP contribution in [-0.2, 0) is 26.3 Å². The van der Waals surface area contributed by atoms with Gasteiger partial charge in [0.05, 0.1) is 17.0 Å². The fraction of sp³-hybridized carbons (Fsp3) is 0.350. The van der Waals surface area contributed by atoms with Crippen LogP contribution < -0.4 is 10.6 Å². The van der Waals surface area contributed by atoms with Gasteiger partial charge in [0.2, 0.25) is 17.7 Å². The maximum Gasteiger partial charge on any atom is 0.234 e. The van der Waals surface area contributed by atoms with E-state index in [1.807, 2.05) is 0 Å². The lowest BCUT2D eigenvalue weighted by Gasteiger charge is -2.24. The zero-order chi connectivity index (χ0) is 21.2. The van der Waals surface area contributed by atoms with E-state index in [2.05, 4.69) is 20.8 Å². The van der Waals surface area contributed by atoms with Gasteiger partial charge >= 0.3 is 0 Å². The number of halogens is 2. The van der Waals surface area contributed by atoms with E-state index in [-0.39, 0.29) is 24.8 Å². The Morgan fingerprint density at radius 2 is 1.97 bits per heavy atom. The summed E-state index contributed by atoms with van der Waals surface area (Å²) in [4.78, 5) is 36.2. The Morgan fingerprint density at radius 3 is 2.55 bits per heavy atom. The zero-order valence-corrected chi connectivity index (χ0v) is 17.5. The number of carbonyl (C=O) groups excluding carboxylic acids is 3. The zero-order valence-electron chi connectivity index (χ0n) is 16.0. The molecule has 1 aliphatic heterocycles. The Bertz CT molecular complexity index is 940. The second-order valence-corrected chi connectivity index (χ2v) is 8.21. The lowest BCUT2D eigenvalue weighted by atomic mass is 9.87. The SMILES string of the molecule is CC(C)(C(=O)NCc1cc(Cl)c(C2CCC(=O)NC2=O)c(Cl)c1)c1cccnn1. The van der Waals surface area contributed by atoms with Gasteiger partial charge in [-0.15, -0.1) is 0 Å². The summed E-state index contributed by atoms with van der Waals surface area (Å²) >= 11 is 12.8. The third-order valence-corrected chi connectivity index (χ3v) is 5.59. The molecule has 2 aromatic rings. The van der Waals surface area contributed by atoms with Crippen molar-refractivity contribution in [1.29, 1.82) is 0 Å². The minimum atomic E-state index is -0.867. The Morgan fingerprint density at radius 1 is 1.28 bits per heavy atom. The van der Waals surface area contributed by atoms with Crippen molar-refractivity contribution in [1.82, 2.24) is 20.8 Å². The fourth-order valence-electron chi connectivity index (χ4n) is 3.20. The first-order valence-corrected chi connectivity index (χ1v) is 9.83. The number of imide groups is 1. The van der Waals surface area contributed by atoms with Crippen LogP contribution in [0.4, 0.5) is 0 Å². The minimum Gasteiger partial charge on any atom is -0.351 e. The smallest absolute Gasteiger partial charge is 0.234 e. The summed E-state index contributed by atoms with van der Waals surface area (Å²) in [7, 11) is 0. The van der Waals surface area contributed by atoms with Crippen molar-refractivity contribution >= 4 is 40.9 Å². The number of amides is 3. The molecule has 1 fully saturated rings. The van der Waals surface area contributed by atoms with Gasteiger partial charge in [-0.05, 0) is 50.1 Å². The van der Waals surface area contributed by atoms with Crippen molar-refractivity contribution in [3.8, 4) is 0 Å². The Balaban J connectivity index is 1.73. The summed E-state index contributed by atoms with van der Waals surface area (Å²) in [6.45, 7) is 3.73. The second kappa shape index (κ2) is 8.47. The first kappa shape index (κ1) is 21.2. The summed E-state index contributed by atoms with van der Waals surface area (Å²) in [5.74, 6) is -1.51. The van der Waals surface area contributed by atoms with Crippen LogP contribution in [0, 0.1) is 0 Å². The van der Waals surface area contributed by atoms with Gasteiger partial charge in [0.25, 0.3) is 0 Å². The van der Waals surface area contributed by atoms with Crippen LogP contribution in [0.3, 0.4) is 0 Å². The van der Waals surface area contributed by atoms with E-state index in [1.165, 1.54) is 0 Å². The number of piperidine rings is 1. The van der Waals surface area contributed by atoms with Crippen molar-refractivity contribution in [2.24, 2.45) is 0 Å². The van der Waals surface area contributed by atoms with E-state index in [0.29, 0.717) is 33.3 Å². The third-order valence-electron chi connectivity index (χ3n) is 4.96. The van der Waals surface area contributed by atoms with Crippen LogP contribution in [-0.4, -0.2) is 27.9 Å². The lowest BCUT2D eigenvalue weighted by molar-refractivity contribution is -0.134. The van der Waals surface area contributed by atoms with E-state index >= 15 is 0 Å². The summed E-state index contributed by atoms with van der Waals surface area (Å²) in [6, 6.07) is 6.81. The molecule has 1 unspecified atom stereocenters. The molecular weight excluding hydrogens is 415 g/mol. The van der Waals surface area contributed by atoms with Crippen molar-refractivity contribution in [3.05, 3.63) is 57.3 Å². The lowest BCUT2D eigenvalue weighted by Crippen LogP contribution is -2.40. The molecule has 0 saturated carbocycles. The standard InChI is InChI=1S/C20H20Cl2N4O3/c1-20(2,15-4-3-7-24-26-15)19(29)23-10-11-8-13(21)17(14(22)9-11)12-5-6-16(27)25-18(12)28/h3-4,7-9,12H,5-6,10H2,1-2H3,(H,23,29)(H,25,27,28). The van der Waals surface area contributed by atoms with Gasteiger partial charge < -0.3 is 5.32 Å². The van der Waals surface area contributed by atoms with Gasteiger partial charge in [0.1, 0.15) is 0 Å². The quantitative estimate of drug-likeness (QED) is 0.704. The van der Waals surface area contributed by atoms with Gasteiger partial charge in [-0.3, -0.25) is 19.7 Å². The van der Waals surface area contributed by atoms with Crippen molar-refractivity contribution < 1.29 is 14.4 Å². The van der Waals surface area contributed by atoms with Gasteiger partial charge in [-0.2, -0.15) is 10.2 Å². The van der Waals surface area contributed by atoms with E-state index in [1.54, 1.807) is 44.3 Å². The van der Waals surface area contributed by atoms with Crippen LogP contribution in [0.5, 0.6) is 0 Å². The van der Waals surface area contributed by atoms with Crippen molar-refractivity contribution in [2.75, 3.05) is 0 Å². The number of nitrogens with one attached hydrogen (secondary N) is 2. The van der Waals surface area contributed by atoms with E-state index in [9.17, 15) is 14.4 Å². The third kappa shape index (κ3) is 4.57. The fourth-order valence-corrected chi connectivity index (χ4v) is 3.99. The normalized spacial score (nSPS) is 17.0. The number of hydrogen-bond acceptors (Lipinski definition) is 5. The number of nitrogens with zero attached hydrogens (tertiary/aromatic N) is 2. The molecule has 9 heteroatoms. The van der Waals surface area contributed by atoms with Crippen LogP contribution >= 0.6 is 23.2 Å². The van der Waals surface area contributed by atoms with Crippen LogP contribution in [0.25, 0.3) is 0 Å². The molecule has 0 spiro atoms. The molecule has 2 heterocycles. The van der Waals surface area contributed by atoms with Gasteiger partial charge in [-0.25, -0.2) is 0 Å². The van der Waals surface area contributed by atoms with E-state index < -0.39 is 17.2 Å². The maximum absolute atomic E-state index is 12.7. The average molecular weight is 435 g/mol. The first-order chi connectivity index (χ1) is 13.7. The molecule has 0 aliphatic carbocycles. The molecule has 1 saturated heterocycles. The van der Waals surface area contributed by atoms with E-state index in [0.717, 1.165) is 0 Å². The number of rotatable bonds is 5. The Hall–Kier alpha value is -2.51. The molecule has 3 amide bonds. The maximum atomic E-state index is 12.7. The molecular formula is C20H20Cl2N4O3. The second-order valence-electron chi connectivity index (χ2n) is 7.39. The average Bonchev–Trinajstić information content (AvgIpc) is 2.67. The summed E-state index contributed by atoms with van der Waals surface area (Å²) in [6.07, 6.45) is 2.14. The molecule has 29 heavy (non-hydrogen) atoms. The van der Waals surface area contributed by atoms with Gasteiger partial charge in [0, 0.05) is 34.8 Å². The number of benzene rings is 1. The number of hydrogen-bond donors (Lipinski definition) is 2. The van der Waals surface area contributed by atoms with Crippen molar-refractivity contribution in [3.63, 3.8) is 0 Å². The van der Waals surface area contributed by atoms with Crippen LogP contribution in [0.15, 0.2) is 30.5 Å². The highest BCUT2D eigenvalue weighted by Gasteiger charge is 2.33. The molecule has 7 nitrogen and oxygen atoms in total. The molecule has 1 aromatic heterocycles. The monoisotopic (exact) mass is 434 g/mol. The summed E-state index contributed by atoms with van der Waals surface area (Å²) in [5.41, 5.74) is 0.878. The molecule has 0 radical (unpaired) electrons. The van der Waals surface area contributed by atoms with Crippen LogP contribution in [0.1, 0.15) is 49.4 Å². The largest absolute Gasteiger partial charge is 0.351 e.